The maximum atomic E-state index is 12.9. The third kappa shape index (κ3) is 3.74. The highest BCUT2D eigenvalue weighted by molar-refractivity contribution is 6.32. The second-order valence-electron chi connectivity index (χ2n) is 4.44. The minimum absolute atomic E-state index is 0.251. The van der Waals surface area contributed by atoms with Crippen molar-refractivity contribution in [1.82, 2.24) is 5.32 Å². The zero-order valence-electron chi connectivity index (χ0n) is 11.5. The van der Waals surface area contributed by atoms with Gasteiger partial charge in [0.1, 0.15) is 29.7 Å². The van der Waals surface area contributed by atoms with Gasteiger partial charge in [0.15, 0.2) is 0 Å². The molecule has 0 atom stereocenters. The van der Waals surface area contributed by atoms with Crippen LogP contribution in [0.1, 0.15) is 24.0 Å². The molecule has 0 saturated heterocycles. The smallest absolute Gasteiger partial charge is 0.146 e. The number of rotatable bonds is 6. The maximum Gasteiger partial charge on any atom is 0.146 e. The van der Waals surface area contributed by atoms with Crippen LogP contribution in [0, 0.1) is 12.7 Å². The van der Waals surface area contributed by atoms with Crippen molar-refractivity contribution in [2.24, 2.45) is 0 Å². The summed E-state index contributed by atoms with van der Waals surface area (Å²) < 4.78 is 24.1. The molecule has 0 aliphatic heterocycles. The topological polar surface area (TPSA) is 34.4 Å². The molecule has 0 saturated carbocycles. The predicted molar refractivity (Wildman–Crippen MR) is 76.6 cm³/mol. The summed E-state index contributed by atoms with van der Waals surface area (Å²) in [6.45, 7) is 5.90. The summed E-state index contributed by atoms with van der Waals surface area (Å²) in [4.78, 5) is 0. The highest BCUT2D eigenvalue weighted by atomic mass is 35.5. The van der Waals surface area contributed by atoms with Crippen molar-refractivity contribution >= 4 is 11.6 Å². The highest BCUT2D eigenvalue weighted by Gasteiger charge is 2.09. The third-order valence-electron chi connectivity index (χ3n) is 2.90. The zero-order valence-corrected chi connectivity index (χ0v) is 12.3. The molecule has 108 valence electrons. The van der Waals surface area contributed by atoms with Crippen LogP contribution in [-0.4, -0.2) is 6.54 Å². The van der Waals surface area contributed by atoms with Gasteiger partial charge in [0, 0.05) is 12.1 Å². The summed E-state index contributed by atoms with van der Waals surface area (Å²) in [5.74, 6) is 1.64. The molecule has 0 bridgehead atoms. The lowest BCUT2D eigenvalue weighted by atomic mass is 10.2. The van der Waals surface area contributed by atoms with Crippen molar-refractivity contribution in [2.75, 3.05) is 6.54 Å². The van der Waals surface area contributed by atoms with Crippen LogP contribution >= 0.6 is 11.6 Å². The van der Waals surface area contributed by atoms with Gasteiger partial charge in [-0.05, 0) is 37.7 Å². The molecule has 1 heterocycles. The van der Waals surface area contributed by atoms with E-state index in [-0.39, 0.29) is 17.4 Å². The van der Waals surface area contributed by atoms with E-state index < -0.39 is 0 Å². The van der Waals surface area contributed by atoms with Crippen molar-refractivity contribution in [2.45, 2.75) is 27.0 Å². The van der Waals surface area contributed by atoms with Gasteiger partial charge in [-0.2, -0.15) is 0 Å². The summed E-state index contributed by atoms with van der Waals surface area (Å²) in [5, 5.41) is 3.50. The predicted octanol–water partition coefficient (Wildman–Crippen LogP) is 4.07. The molecule has 0 spiro atoms. The standard InChI is InChI=1S/C15H17ClFNO2/c1-3-18-8-11-6-13(20-10(11)2)9-19-15-5-4-12(17)7-14(15)16/h4-7,18H,3,8-9H2,1-2H3. The van der Waals surface area contributed by atoms with E-state index in [9.17, 15) is 4.39 Å². The van der Waals surface area contributed by atoms with Crippen molar-refractivity contribution in [3.8, 4) is 5.75 Å². The fourth-order valence-electron chi connectivity index (χ4n) is 1.84. The lowest BCUT2D eigenvalue weighted by Gasteiger charge is -2.05. The summed E-state index contributed by atoms with van der Waals surface area (Å²) >= 11 is 5.90. The van der Waals surface area contributed by atoms with Crippen LogP contribution in [0.4, 0.5) is 4.39 Å². The Bertz CT molecular complexity index is 583. The summed E-state index contributed by atoms with van der Waals surface area (Å²) in [6.07, 6.45) is 0. The Morgan fingerprint density at radius 2 is 2.15 bits per heavy atom. The molecule has 0 unspecified atom stereocenters. The molecular weight excluding hydrogens is 281 g/mol. The summed E-state index contributed by atoms with van der Waals surface area (Å²) in [7, 11) is 0. The molecule has 0 fully saturated rings. The Hall–Kier alpha value is -1.52. The molecule has 2 rings (SSSR count). The first-order chi connectivity index (χ1) is 9.60. The number of halogens is 2. The first kappa shape index (κ1) is 14.9. The van der Waals surface area contributed by atoms with E-state index in [0.717, 1.165) is 30.2 Å². The van der Waals surface area contributed by atoms with E-state index >= 15 is 0 Å². The maximum absolute atomic E-state index is 12.9. The molecule has 3 nitrogen and oxygen atoms in total. The Morgan fingerprint density at radius 3 is 2.85 bits per heavy atom. The Kier molecular flexibility index (Phi) is 5.04. The number of benzene rings is 1. The fourth-order valence-corrected chi connectivity index (χ4v) is 2.06. The molecule has 5 heteroatoms. The first-order valence-electron chi connectivity index (χ1n) is 6.47. The molecule has 0 radical (unpaired) electrons. The van der Waals surface area contributed by atoms with Crippen molar-refractivity contribution < 1.29 is 13.5 Å². The average Bonchev–Trinajstić information content (AvgIpc) is 2.76. The van der Waals surface area contributed by atoms with Gasteiger partial charge in [-0.15, -0.1) is 0 Å². The van der Waals surface area contributed by atoms with Crippen LogP contribution in [0.5, 0.6) is 5.75 Å². The fraction of sp³-hybridized carbons (Fsp3) is 0.333. The first-order valence-corrected chi connectivity index (χ1v) is 6.84. The molecule has 0 aliphatic rings. The largest absolute Gasteiger partial charge is 0.484 e. The monoisotopic (exact) mass is 297 g/mol. The molecule has 0 amide bonds. The minimum Gasteiger partial charge on any atom is -0.484 e. The van der Waals surface area contributed by atoms with Crippen LogP contribution in [-0.2, 0) is 13.2 Å². The van der Waals surface area contributed by atoms with Gasteiger partial charge in [-0.3, -0.25) is 0 Å². The highest BCUT2D eigenvalue weighted by Crippen LogP contribution is 2.26. The van der Waals surface area contributed by atoms with E-state index in [1.165, 1.54) is 18.2 Å². The lowest BCUT2D eigenvalue weighted by molar-refractivity contribution is 0.267. The molecule has 2 aromatic rings. The Labute approximate surface area is 122 Å². The lowest BCUT2D eigenvalue weighted by Crippen LogP contribution is -2.11. The van der Waals surface area contributed by atoms with Crippen molar-refractivity contribution in [3.63, 3.8) is 0 Å². The van der Waals surface area contributed by atoms with Crippen LogP contribution in [0.15, 0.2) is 28.7 Å². The number of furan rings is 1. The number of nitrogens with one attached hydrogen (secondary N) is 1. The van der Waals surface area contributed by atoms with Gasteiger partial charge in [0.2, 0.25) is 0 Å². The van der Waals surface area contributed by atoms with E-state index in [0.29, 0.717) is 5.75 Å². The van der Waals surface area contributed by atoms with Gasteiger partial charge < -0.3 is 14.5 Å². The SMILES string of the molecule is CCNCc1cc(COc2ccc(F)cc2Cl)oc1C. The second kappa shape index (κ2) is 6.77. The van der Waals surface area contributed by atoms with Gasteiger partial charge in [0.05, 0.1) is 5.02 Å². The molecular formula is C15H17ClFNO2. The van der Waals surface area contributed by atoms with E-state index in [4.69, 9.17) is 20.8 Å². The Morgan fingerprint density at radius 1 is 1.35 bits per heavy atom. The van der Waals surface area contributed by atoms with Crippen molar-refractivity contribution in [3.05, 3.63) is 52.2 Å². The van der Waals surface area contributed by atoms with Gasteiger partial charge >= 0.3 is 0 Å². The second-order valence-corrected chi connectivity index (χ2v) is 4.85. The number of aryl methyl sites for hydroxylation is 1. The number of hydrogen-bond donors (Lipinski definition) is 1. The van der Waals surface area contributed by atoms with Crippen molar-refractivity contribution in [1.29, 1.82) is 0 Å². The molecule has 1 aromatic heterocycles. The zero-order chi connectivity index (χ0) is 14.5. The van der Waals surface area contributed by atoms with Gasteiger partial charge in [-0.1, -0.05) is 18.5 Å². The molecule has 1 aromatic carbocycles. The van der Waals surface area contributed by atoms with Gasteiger partial charge in [-0.25, -0.2) is 4.39 Å². The van der Waals surface area contributed by atoms with Gasteiger partial charge in [0.25, 0.3) is 0 Å². The molecule has 1 N–H and O–H groups in total. The van der Waals surface area contributed by atoms with E-state index in [2.05, 4.69) is 12.2 Å². The van der Waals surface area contributed by atoms with Crippen LogP contribution in [0.3, 0.4) is 0 Å². The quantitative estimate of drug-likeness (QED) is 0.873. The molecule has 20 heavy (non-hydrogen) atoms. The normalized spacial score (nSPS) is 10.8. The van der Waals surface area contributed by atoms with Crippen LogP contribution in [0.25, 0.3) is 0 Å². The average molecular weight is 298 g/mol. The third-order valence-corrected chi connectivity index (χ3v) is 3.20. The van der Waals surface area contributed by atoms with Crippen LogP contribution < -0.4 is 10.1 Å². The Balaban J connectivity index is 2.00. The van der Waals surface area contributed by atoms with E-state index in [1.54, 1.807) is 0 Å². The minimum atomic E-state index is -0.385. The van der Waals surface area contributed by atoms with Crippen LogP contribution in [0.2, 0.25) is 5.02 Å². The number of hydrogen-bond acceptors (Lipinski definition) is 3. The molecule has 0 aliphatic carbocycles. The summed E-state index contributed by atoms with van der Waals surface area (Å²) in [6, 6.07) is 5.99. The number of ether oxygens (including phenoxy) is 1. The summed E-state index contributed by atoms with van der Waals surface area (Å²) in [5.41, 5.74) is 1.11. The van der Waals surface area contributed by atoms with E-state index in [1.807, 2.05) is 13.0 Å².